The molecule has 0 aliphatic carbocycles. The first-order valence-corrected chi connectivity index (χ1v) is 4.67. The molecule has 0 radical (unpaired) electrons. The zero-order chi connectivity index (χ0) is 9.68. The fourth-order valence-electron chi connectivity index (χ4n) is 1.44. The fourth-order valence-corrected chi connectivity index (χ4v) is 1.44. The van der Waals surface area contributed by atoms with Crippen molar-refractivity contribution in [3.05, 3.63) is 36.3 Å². The average Bonchev–Trinajstić information content (AvgIpc) is 2.51. The van der Waals surface area contributed by atoms with Gasteiger partial charge in [-0.2, -0.15) is 0 Å². The van der Waals surface area contributed by atoms with Gasteiger partial charge in [0.2, 0.25) is 0 Å². The topological polar surface area (TPSA) is 25.2 Å². The monoisotopic (exact) mass is 179 g/mol. The van der Waals surface area contributed by atoms with Gasteiger partial charge in [0.15, 0.2) is 0 Å². The summed E-state index contributed by atoms with van der Waals surface area (Å²) >= 11 is 0. The summed E-state index contributed by atoms with van der Waals surface area (Å²) in [5.41, 5.74) is 1.20. The molecule has 0 fully saturated rings. The number of rotatable bonds is 5. The molecule has 0 bridgehead atoms. The van der Waals surface area contributed by atoms with Gasteiger partial charge in [0.1, 0.15) is 5.76 Å². The van der Waals surface area contributed by atoms with Crippen LogP contribution in [0.4, 0.5) is 0 Å². The van der Waals surface area contributed by atoms with Crippen molar-refractivity contribution in [2.45, 2.75) is 26.3 Å². The van der Waals surface area contributed by atoms with Crippen molar-refractivity contribution < 1.29 is 4.42 Å². The maximum atomic E-state index is 5.42. The molecule has 0 amide bonds. The van der Waals surface area contributed by atoms with Crippen LogP contribution in [0.25, 0.3) is 0 Å². The lowest BCUT2D eigenvalue weighted by Gasteiger charge is -2.14. The molecule has 0 spiro atoms. The Morgan fingerprint density at radius 3 is 2.92 bits per heavy atom. The van der Waals surface area contributed by atoms with Crippen molar-refractivity contribution in [1.82, 2.24) is 5.32 Å². The summed E-state index contributed by atoms with van der Waals surface area (Å²) < 4.78 is 5.42. The Bertz CT molecular complexity index is 265. The summed E-state index contributed by atoms with van der Waals surface area (Å²) in [6, 6.07) is 2.26. The highest BCUT2D eigenvalue weighted by Crippen LogP contribution is 2.21. The second kappa shape index (κ2) is 4.87. The number of nitrogens with one attached hydrogen (secondary N) is 1. The minimum Gasteiger partial charge on any atom is -0.467 e. The highest BCUT2D eigenvalue weighted by molar-refractivity contribution is 5.18. The van der Waals surface area contributed by atoms with E-state index in [2.05, 4.69) is 25.7 Å². The Morgan fingerprint density at radius 1 is 1.69 bits per heavy atom. The molecule has 2 heteroatoms. The maximum absolute atomic E-state index is 5.42. The van der Waals surface area contributed by atoms with Gasteiger partial charge in [0.25, 0.3) is 0 Å². The summed E-state index contributed by atoms with van der Waals surface area (Å²) in [6.45, 7) is 8.84. The molecule has 1 heterocycles. The average molecular weight is 179 g/mol. The van der Waals surface area contributed by atoms with Crippen molar-refractivity contribution in [3.63, 3.8) is 0 Å². The van der Waals surface area contributed by atoms with E-state index < -0.39 is 0 Å². The zero-order valence-corrected chi connectivity index (χ0v) is 8.34. The Morgan fingerprint density at radius 2 is 2.46 bits per heavy atom. The Labute approximate surface area is 79.6 Å². The van der Waals surface area contributed by atoms with E-state index in [-0.39, 0.29) is 6.04 Å². The van der Waals surface area contributed by atoms with Crippen molar-refractivity contribution in [2.24, 2.45) is 0 Å². The van der Waals surface area contributed by atoms with Gasteiger partial charge in [-0.05, 0) is 31.5 Å². The van der Waals surface area contributed by atoms with Gasteiger partial charge in [-0.3, -0.25) is 0 Å². The van der Waals surface area contributed by atoms with E-state index in [1.807, 2.05) is 12.1 Å². The second-order valence-electron chi connectivity index (χ2n) is 3.10. The molecular formula is C11H17NO. The molecule has 1 aromatic rings. The van der Waals surface area contributed by atoms with Crippen LogP contribution in [0.2, 0.25) is 0 Å². The van der Waals surface area contributed by atoms with Gasteiger partial charge >= 0.3 is 0 Å². The van der Waals surface area contributed by atoms with Gasteiger partial charge in [-0.1, -0.05) is 13.0 Å². The largest absolute Gasteiger partial charge is 0.467 e. The smallest absolute Gasteiger partial charge is 0.123 e. The molecule has 72 valence electrons. The van der Waals surface area contributed by atoms with Gasteiger partial charge in [-0.25, -0.2) is 0 Å². The number of hydrogen-bond donors (Lipinski definition) is 1. The molecular weight excluding hydrogens is 162 g/mol. The molecule has 2 nitrogen and oxygen atoms in total. The van der Waals surface area contributed by atoms with Crippen LogP contribution in [-0.4, -0.2) is 6.54 Å². The van der Waals surface area contributed by atoms with E-state index in [1.165, 1.54) is 5.56 Å². The third kappa shape index (κ3) is 2.46. The van der Waals surface area contributed by atoms with Crippen LogP contribution < -0.4 is 5.32 Å². The van der Waals surface area contributed by atoms with E-state index in [0.29, 0.717) is 0 Å². The van der Waals surface area contributed by atoms with Crippen molar-refractivity contribution in [1.29, 1.82) is 0 Å². The second-order valence-corrected chi connectivity index (χ2v) is 3.10. The van der Waals surface area contributed by atoms with E-state index in [1.54, 1.807) is 6.26 Å². The zero-order valence-electron chi connectivity index (χ0n) is 8.34. The standard InChI is InChI=1S/C11H17NO/c1-4-6-10(12-5-2)11-9(3)7-8-13-11/h4,7-8,10,12H,1,5-6H2,2-3H3. The van der Waals surface area contributed by atoms with Crippen LogP contribution in [0.5, 0.6) is 0 Å². The first kappa shape index (κ1) is 10.1. The van der Waals surface area contributed by atoms with E-state index in [0.717, 1.165) is 18.7 Å². The predicted octanol–water partition coefficient (Wildman–Crippen LogP) is 2.81. The maximum Gasteiger partial charge on any atom is 0.123 e. The molecule has 13 heavy (non-hydrogen) atoms. The van der Waals surface area contributed by atoms with Crippen LogP contribution in [-0.2, 0) is 0 Å². The fraction of sp³-hybridized carbons (Fsp3) is 0.455. The summed E-state index contributed by atoms with van der Waals surface area (Å²) in [7, 11) is 0. The molecule has 0 aromatic carbocycles. The SMILES string of the molecule is C=CCC(NCC)c1occc1C. The van der Waals surface area contributed by atoms with Crippen molar-refractivity contribution in [2.75, 3.05) is 6.54 Å². The molecule has 0 aliphatic heterocycles. The Kier molecular flexibility index (Phi) is 3.77. The molecule has 0 aliphatic rings. The van der Waals surface area contributed by atoms with Crippen LogP contribution in [0.1, 0.15) is 30.7 Å². The van der Waals surface area contributed by atoms with Crippen LogP contribution in [0, 0.1) is 6.92 Å². The summed E-state index contributed by atoms with van der Waals surface area (Å²) in [5, 5.41) is 3.36. The van der Waals surface area contributed by atoms with Crippen molar-refractivity contribution in [3.8, 4) is 0 Å². The minimum absolute atomic E-state index is 0.275. The van der Waals surface area contributed by atoms with E-state index in [4.69, 9.17) is 4.42 Å². The lowest BCUT2D eigenvalue weighted by Crippen LogP contribution is -2.20. The van der Waals surface area contributed by atoms with Crippen LogP contribution in [0.3, 0.4) is 0 Å². The number of hydrogen-bond acceptors (Lipinski definition) is 2. The molecule has 0 saturated carbocycles. The number of furan rings is 1. The predicted molar refractivity (Wildman–Crippen MR) is 54.7 cm³/mol. The summed E-state index contributed by atoms with van der Waals surface area (Å²) in [5.74, 6) is 1.03. The minimum atomic E-state index is 0.275. The van der Waals surface area contributed by atoms with Crippen LogP contribution >= 0.6 is 0 Å². The van der Waals surface area contributed by atoms with Crippen molar-refractivity contribution >= 4 is 0 Å². The van der Waals surface area contributed by atoms with Crippen LogP contribution in [0.15, 0.2) is 29.4 Å². The molecule has 1 unspecified atom stereocenters. The third-order valence-electron chi connectivity index (χ3n) is 2.07. The van der Waals surface area contributed by atoms with Gasteiger partial charge < -0.3 is 9.73 Å². The third-order valence-corrected chi connectivity index (χ3v) is 2.07. The Hall–Kier alpha value is -1.02. The van der Waals surface area contributed by atoms with E-state index in [9.17, 15) is 0 Å². The normalized spacial score (nSPS) is 12.8. The Balaban J connectivity index is 2.74. The first-order valence-electron chi connectivity index (χ1n) is 4.67. The van der Waals surface area contributed by atoms with E-state index >= 15 is 0 Å². The lowest BCUT2D eigenvalue weighted by atomic mass is 10.1. The molecule has 0 saturated heterocycles. The highest BCUT2D eigenvalue weighted by Gasteiger charge is 2.13. The highest BCUT2D eigenvalue weighted by atomic mass is 16.3. The van der Waals surface area contributed by atoms with Gasteiger partial charge in [-0.15, -0.1) is 6.58 Å². The lowest BCUT2D eigenvalue weighted by molar-refractivity contribution is 0.417. The molecule has 1 rings (SSSR count). The van der Waals surface area contributed by atoms with Gasteiger partial charge in [0.05, 0.1) is 12.3 Å². The number of aryl methyl sites for hydroxylation is 1. The summed E-state index contributed by atoms with van der Waals surface area (Å²) in [4.78, 5) is 0. The summed E-state index contributed by atoms with van der Waals surface area (Å²) in [6.07, 6.45) is 4.55. The molecule has 1 N–H and O–H groups in total. The first-order chi connectivity index (χ1) is 6.29. The molecule has 1 atom stereocenters. The molecule has 1 aromatic heterocycles. The van der Waals surface area contributed by atoms with Gasteiger partial charge in [0, 0.05) is 0 Å². The quantitative estimate of drug-likeness (QED) is 0.703.